The van der Waals surface area contributed by atoms with Crippen LogP contribution in [-0.4, -0.2) is 35.9 Å². The Morgan fingerprint density at radius 2 is 1.59 bits per heavy atom. The summed E-state index contributed by atoms with van der Waals surface area (Å²) in [5, 5.41) is 5.78. The smallest absolute Gasteiger partial charge is 0.274 e. The van der Waals surface area contributed by atoms with Crippen LogP contribution in [0.2, 0.25) is 0 Å². The lowest BCUT2D eigenvalue weighted by molar-refractivity contribution is 0.101. The maximum atomic E-state index is 12.5. The Morgan fingerprint density at radius 1 is 0.897 bits per heavy atom. The lowest BCUT2D eigenvalue weighted by atomic mass is 10.1. The fourth-order valence-electron chi connectivity index (χ4n) is 2.57. The van der Waals surface area contributed by atoms with Crippen LogP contribution in [0.15, 0.2) is 54.7 Å². The number of nitrogens with zero attached hydrogens (tertiary/aromatic N) is 2. The van der Waals surface area contributed by atoms with Crippen molar-refractivity contribution in [2.45, 2.75) is 6.92 Å². The summed E-state index contributed by atoms with van der Waals surface area (Å²) in [5.74, 6) is 0.989. The number of anilines is 3. The molecule has 1 amide bonds. The minimum atomic E-state index is -0.390. The Labute approximate surface area is 167 Å². The first-order chi connectivity index (χ1) is 14.0. The van der Waals surface area contributed by atoms with Gasteiger partial charge in [-0.3, -0.25) is 9.59 Å². The molecule has 1 aromatic heterocycles. The maximum Gasteiger partial charge on any atom is 0.274 e. The van der Waals surface area contributed by atoms with Gasteiger partial charge in [-0.25, -0.2) is 9.97 Å². The van der Waals surface area contributed by atoms with Crippen LogP contribution in [-0.2, 0) is 0 Å². The summed E-state index contributed by atoms with van der Waals surface area (Å²) in [6.45, 7) is 1.49. The molecule has 8 heteroatoms. The highest BCUT2D eigenvalue weighted by atomic mass is 16.5. The second kappa shape index (κ2) is 8.83. The van der Waals surface area contributed by atoms with Gasteiger partial charge in [0.2, 0.25) is 5.95 Å². The average Bonchev–Trinajstić information content (AvgIpc) is 2.74. The van der Waals surface area contributed by atoms with E-state index in [9.17, 15) is 9.59 Å². The number of hydrogen-bond acceptors (Lipinski definition) is 7. The third kappa shape index (κ3) is 4.86. The van der Waals surface area contributed by atoms with Gasteiger partial charge in [-0.15, -0.1) is 0 Å². The minimum absolute atomic E-state index is 0.0374. The number of methoxy groups -OCH3 is 2. The summed E-state index contributed by atoms with van der Waals surface area (Å²) in [5.41, 5.74) is 2.01. The van der Waals surface area contributed by atoms with E-state index < -0.39 is 5.91 Å². The number of carbonyl (C=O) groups is 2. The summed E-state index contributed by atoms with van der Waals surface area (Å²) in [4.78, 5) is 32.2. The molecule has 148 valence electrons. The van der Waals surface area contributed by atoms with E-state index >= 15 is 0 Å². The van der Waals surface area contributed by atoms with Crippen molar-refractivity contribution >= 4 is 29.0 Å². The van der Waals surface area contributed by atoms with Crippen molar-refractivity contribution in [3.63, 3.8) is 0 Å². The second-order valence-corrected chi connectivity index (χ2v) is 6.05. The van der Waals surface area contributed by atoms with Crippen LogP contribution < -0.4 is 20.1 Å². The third-order valence-electron chi connectivity index (χ3n) is 4.08. The average molecular weight is 392 g/mol. The highest BCUT2D eigenvalue weighted by molar-refractivity contribution is 6.03. The topological polar surface area (TPSA) is 102 Å². The van der Waals surface area contributed by atoms with Gasteiger partial charge in [-0.1, -0.05) is 0 Å². The van der Waals surface area contributed by atoms with Crippen LogP contribution in [0.25, 0.3) is 0 Å². The number of ether oxygens (including phenoxy) is 2. The van der Waals surface area contributed by atoms with Gasteiger partial charge in [0.15, 0.2) is 17.3 Å². The van der Waals surface area contributed by atoms with E-state index in [1.54, 1.807) is 56.7 Å². The highest BCUT2D eigenvalue weighted by Gasteiger charge is 2.11. The van der Waals surface area contributed by atoms with Crippen molar-refractivity contribution < 1.29 is 19.1 Å². The first-order valence-corrected chi connectivity index (χ1v) is 8.74. The zero-order chi connectivity index (χ0) is 20.8. The monoisotopic (exact) mass is 392 g/mol. The molecule has 0 bridgehead atoms. The van der Waals surface area contributed by atoms with E-state index in [0.29, 0.717) is 28.4 Å². The molecule has 8 nitrogen and oxygen atoms in total. The van der Waals surface area contributed by atoms with E-state index in [1.807, 2.05) is 0 Å². The molecule has 0 aliphatic rings. The number of aromatic nitrogens is 2. The Hall–Kier alpha value is -3.94. The van der Waals surface area contributed by atoms with Crippen LogP contribution in [0.1, 0.15) is 27.8 Å². The minimum Gasteiger partial charge on any atom is -0.493 e. The number of ketones is 1. The van der Waals surface area contributed by atoms with Gasteiger partial charge >= 0.3 is 0 Å². The number of benzene rings is 2. The van der Waals surface area contributed by atoms with Crippen molar-refractivity contribution in [2.24, 2.45) is 0 Å². The molecule has 0 saturated carbocycles. The van der Waals surface area contributed by atoms with E-state index in [4.69, 9.17) is 9.47 Å². The predicted molar refractivity (Wildman–Crippen MR) is 109 cm³/mol. The molecule has 3 aromatic rings. The summed E-state index contributed by atoms with van der Waals surface area (Å²) in [6.07, 6.45) is 1.49. The molecule has 2 N–H and O–H groups in total. The molecule has 0 saturated heterocycles. The Morgan fingerprint density at radius 3 is 2.24 bits per heavy atom. The maximum absolute atomic E-state index is 12.5. The molecule has 0 spiro atoms. The van der Waals surface area contributed by atoms with Gasteiger partial charge < -0.3 is 20.1 Å². The second-order valence-electron chi connectivity index (χ2n) is 6.05. The quantitative estimate of drug-likeness (QED) is 0.591. The fourth-order valence-corrected chi connectivity index (χ4v) is 2.57. The van der Waals surface area contributed by atoms with E-state index in [1.165, 1.54) is 19.2 Å². The van der Waals surface area contributed by atoms with Gasteiger partial charge in [0.05, 0.1) is 14.2 Å². The zero-order valence-electron chi connectivity index (χ0n) is 16.2. The molecule has 29 heavy (non-hydrogen) atoms. The van der Waals surface area contributed by atoms with Gasteiger partial charge in [0.1, 0.15) is 5.69 Å². The van der Waals surface area contributed by atoms with Crippen molar-refractivity contribution in [3.05, 3.63) is 66.0 Å². The lowest BCUT2D eigenvalue weighted by Gasteiger charge is -2.11. The van der Waals surface area contributed by atoms with Gasteiger partial charge in [-0.2, -0.15) is 0 Å². The van der Waals surface area contributed by atoms with Gasteiger partial charge in [0, 0.05) is 29.2 Å². The molecule has 0 aliphatic carbocycles. The van der Waals surface area contributed by atoms with E-state index in [0.717, 1.165) is 0 Å². The molecule has 2 aromatic carbocycles. The molecular formula is C21H20N4O4. The molecular weight excluding hydrogens is 372 g/mol. The third-order valence-corrected chi connectivity index (χ3v) is 4.08. The number of hydrogen-bond donors (Lipinski definition) is 2. The Kier molecular flexibility index (Phi) is 6.03. The molecule has 0 atom stereocenters. The molecule has 1 heterocycles. The van der Waals surface area contributed by atoms with Gasteiger partial charge in [0.25, 0.3) is 5.91 Å². The van der Waals surface area contributed by atoms with Crippen LogP contribution in [0.3, 0.4) is 0 Å². The highest BCUT2D eigenvalue weighted by Crippen LogP contribution is 2.30. The van der Waals surface area contributed by atoms with Crippen molar-refractivity contribution in [1.82, 2.24) is 9.97 Å². The summed E-state index contributed by atoms with van der Waals surface area (Å²) in [7, 11) is 3.11. The molecule has 3 rings (SSSR count). The zero-order valence-corrected chi connectivity index (χ0v) is 16.2. The van der Waals surface area contributed by atoms with E-state index in [-0.39, 0.29) is 17.4 Å². The SMILES string of the molecule is COc1ccc(Nc2nccc(C(=O)Nc3ccc(C(C)=O)cc3)n2)cc1OC. The Bertz CT molecular complexity index is 1040. The number of amides is 1. The largest absolute Gasteiger partial charge is 0.493 e. The summed E-state index contributed by atoms with van der Waals surface area (Å²) in [6, 6.07) is 13.4. The van der Waals surface area contributed by atoms with Crippen molar-refractivity contribution in [3.8, 4) is 11.5 Å². The van der Waals surface area contributed by atoms with Crippen LogP contribution >= 0.6 is 0 Å². The van der Waals surface area contributed by atoms with Crippen LogP contribution in [0, 0.1) is 0 Å². The Balaban J connectivity index is 1.73. The van der Waals surface area contributed by atoms with Crippen molar-refractivity contribution in [1.29, 1.82) is 0 Å². The summed E-state index contributed by atoms with van der Waals surface area (Å²) >= 11 is 0. The number of rotatable bonds is 7. The standard InChI is InChI=1S/C21H20N4O4/c1-13(26)14-4-6-15(7-5-14)23-20(27)17-10-11-22-21(25-17)24-16-8-9-18(28-2)19(12-16)29-3/h4-12H,1-3H3,(H,23,27)(H,22,24,25). The fraction of sp³-hybridized carbons (Fsp3) is 0.143. The number of Topliss-reactive ketones (excluding diaryl/α,β-unsaturated/α-hetero) is 1. The summed E-state index contributed by atoms with van der Waals surface area (Å²) < 4.78 is 10.5. The van der Waals surface area contributed by atoms with Crippen LogP contribution in [0.4, 0.5) is 17.3 Å². The lowest BCUT2D eigenvalue weighted by Crippen LogP contribution is -2.14. The predicted octanol–water partition coefficient (Wildman–Crippen LogP) is 3.69. The number of carbonyl (C=O) groups excluding carboxylic acids is 2. The van der Waals surface area contributed by atoms with E-state index in [2.05, 4.69) is 20.6 Å². The first kappa shape index (κ1) is 19.8. The number of nitrogens with one attached hydrogen (secondary N) is 2. The molecule has 0 aliphatic heterocycles. The molecule has 0 fully saturated rings. The normalized spacial score (nSPS) is 10.2. The van der Waals surface area contributed by atoms with Gasteiger partial charge in [-0.05, 0) is 49.4 Å². The molecule has 0 radical (unpaired) electrons. The first-order valence-electron chi connectivity index (χ1n) is 8.74. The van der Waals surface area contributed by atoms with Crippen LogP contribution in [0.5, 0.6) is 11.5 Å². The van der Waals surface area contributed by atoms with Crippen molar-refractivity contribution in [2.75, 3.05) is 24.9 Å². The molecule has 0 unspecified atom stereocenters.